The van der Waals surface area contributed by atoms with E-state index in [1.165, 1.54) is 23.9 Å². The number of aromatic nitrogens is 2. The minimum atomic E-state index is -2.48. The Morgan fingerprint density at radius 3 is 2.77 bits per heavy atom. The van der Waals surface area contributed by atoms with Crippen molar-refractivity contribution in [3.63, 3.8) is 0 Å². The maximum atomic E-state index is 9.04. The summed E-state index contributed by atoms with van der Waals surface area (Å²) >= 11 is 1.27. The van der Waals surface area contributed by atoms with E-state index in [0.717, 1.165) is 31.1 Å². The molecule has 0 unspecified atom stereocenters. The molecule has 7 heteroatoms. The number of nitriles is 1. The molecule has 6 nitrogen and oxygen atoms in total. The lowest BCUT2D eigenvalue weighted by Gasteiger charge is -2.32. The van der Waals surface area contributed by atoms with E-state index in [9.17, 15) is 0 Å². The van der Waals surface area contributed by atoms with Gasteiger partial charge in [-0.2, -0.15) is 10.2 Å². The number of benzene rings is 2. The first kappa shape index (κ1) is 14.8. The Kier molecular flexibility index (Phi) is 4.75. The Bertz CT molecular complexity index is 1260. The van der Waals surface area contributed by atoms with Crippen molar-refractivity contribution in [2.45, 2.75) is 16.3 Å². The summed E-state index contributed by atoms with van der Waals surface area (Å²) in [6.07, 6.45) is 1.58. The molecule has 4 rings (SSSR count). The predicted molar refractivity (Wildman–Crippen MR) is 118 cm³/mol. The summed E-state index contributed by atoms with van der Waals surface area (Å²) < 4.78 is 46.6. The van der Waals surface area contributed by atoms with Gasteiger partial charge in [0.05, 0.1) is 29.6 Å². The van der Waals surface area contributed by atoms with E-state index in [-0.39, 0.29) is 23.5 Å². The first-order chi connectivity index (χ1) is 16.7. The number of hydrogen-bond acceptors (Lipinski definition) is 7. The highest BCUT2D eigenvalue weighted by Crippen LogP contribution is 2.35. The van der Waals surface area contributed by atoms with Gasteiger partial charge in [0.15, 0.2) is 0 Å². The van der Waals surface area contributed by atoms with Gasteiger partial charge < -0.3 is 14.5 Å². The molecule has 152 valence electrons. The Morgan fingerprint density at radius 2 is 2.00 bits per heavy atom. The molecule has 1 aliphatic rings. The molecule has 1 fully saturated rings. The van der Waals surface area contributed by atoms with Gasteiger partial charge >= 0.3 is 0 Å². The number of piperazine rings is 1. The molecule has 0 atom stereocenters. The summed E-state index contributed by atoms with van der Waals surface area (Å²) in [6.45, 7) is 0.643. The van der Waals surface area contributed by atoms with Gasteiger partial charge in [0, 0.05) is 31.1 Å². The number of anilines is 1. The molecule has 2 aromatic carbocycles. The van der Waals surface area contributed by atoms with Crippen molar-refractivity contribution in [1.29, 1.82) is 5.26 Å². The average Bonchev–Trinajstić information content (AvgIpc) is 2.84. The standard InChI is InChI=1S/C23H23N5OS/c1-27-11-13-28(14-12-27)23-25-16-21(30-20-9-7-18(15-24)8-10-20)22(26-23)29-17-19-5-3-2-4-6-19/h2-10,16H,11-14,17H2,1H3/i2D,3D,5D,17D2. The van der Waals surface area contributed by atoms with Gasteiger partial charge in [-0.1, -0.05) is 42.0 Å². The summed E-state index contributed by atoms with van der Waals surface area (Å²) in [6, 6.07) is 10.6. The molecule has 1 aromatic heterocycles. The predicted octanol–water partition coefficient (Wildman–Crippen LogP) is 3.83. The van der Waals surface area contributed by atoms with Crippen molar-refractivity contribution in [3.05, 3.63) is 71.8 Å². The smallest absolute Gasteiger partial charge is 0.232 e. The zero-order valence-electron chi connectivity index (χ0n) is 21.4. The highest BCUT2D eigenvalue weighted by molar-refractivity contribution is 7.99. The van der Waals surface area contributed by atoms with E-state index in [4.69, 9.17) is 16.9 Å². The van der Waals surface area contributed by atoms with Crippen molar-refractivity contribution in [2.24, 2.45) is 0 Å². The van der Waals surface area contributed by atoms with E-state index in [1.807, 2.05) is 11.9 Å². The van der Waals surface area contributed by atoms with Gasteiger partial charge in [0.2, 0.25) is 11.8 Å². The molecule has 3 aromatic rings. The molecule has 0 saturated carbocycles. The van der Waals surface area contributed by atoms with Crippen LogP contribution in [0.1, 0.15) is 18.0 Å². The first-order valence-corrected chi connectivity index (χ1v) is 10.2. The highest BCUT2D eigenvalue weighted by atomic mass is 32.2. The lowest BCUT2D eigenvalue weighted by atomic mass is 10.2. The van der Waals surface area contributed by atoms with E-state index in [0.29, 0.717) is 16.4 Å². The quantitative estimate of drug-likeness (QED) is 0.598. The molecule has 30 heavy (non-hydrogen) atoms. The molecule has 0 N–H and O–H groups in total. The topological polar surface area (TPSA) is 65.3 Å². The minimum Gasteiger partial charge on any atom is -0.472 e. The van der Waals surface area contributed by atoms with Crippen LogP contribution in [0, 0.1) is 11.3 Å². The normalized spacial score (nSPS) is 17.2. The van der Waals surface area contributed by atoms with E-state index in [1.54, 1.807) is 30.5 Å². The summed E-state index contributed by atoms with van der Waals surface area (Å²) in [7, 11) is 2.04. The fourth-order valence-corrected chi connectivity index (χ4v) is 3.65. The van der Waals surface area contributed by atoms with Crippen molar-refractivity contribution >= 4 is 17.7 Å². The summed E-state index contributed by atoms with van der Waals surface area (Å²) in [5, 5.41) is 9.04. The van der Waals surface area contributed by atoms with Crippen LogP contribution in [0.2, 0.25) is 0 Å². The summed E-state index contributed by atoms with van der Waals surface area (Å²) in [4.78, 5) is 14.5. The van der Waals surface area contributed by atoms with Crippen LogP contribution < -0.4 is 9.64 Å². The summed E-state index contributed by atoms with van der Waals surface area (Å²) in [5.41, 5.74) is 0.364. The lowest BCUT2D eigenvalue weighted by molar-refractivity contribution is 0.283. The van der Waals surface area contributed by atoms with Gasteiger partial charge in [-0.25, -0.2) is 4.98 Å². The molecule has 0 radical (unpaired) electrons. The van der Waals surface area contributed by atoms with Crippen LogP contribution in [0.3, 0.4) is 0 Å². The van der Waals surface area contributed by atoms with Gasteiger partial charge in [0.1, 0.15) is 6.56 Å². The maximum absolute atomic E-state index is 9.04. The van der Waals surface area contributed by atoms with Crippen molar-refractivity contribution in [3.8, 4) is 11.9 Å². The zero-order chi connectivity index (χ0) is 25.2. The lowest BCUT2D eigenvalue weighted by Crippen LogP contribution is -2.45. The molecule has 1 aliphatic heterocycles. The molecule has 1 saturated heterocycles. The first-order valence-electron chi connectivity index (χ1n) is 11.9. The minimum absolute atomic E-state index is 0.00849. The van der Waals surface area contributed by atoms with Crippen molar-refractivity contribution in [1.82, 2.24) is 14.9 Å². The largest absolute Gasteiger partial charge is 0.472 e. The van der Waals surface area contributed by atoms with Gasteiger partial charge in [-0.05, 0) is 36.9 Å². The summed E-state index contributed by atoms with van der Waals surface area (Å²) in [5.74, 6) is 0.427. The van der Waals surface area contributed by atoms with Crippen LogP contribution in [0.4, 0.5) is 5.95 Å². The maximum Gasteiger partial charge on any atom is 0.232 e. The van der Waals surface area contributed by atoms with Crippen LogP contribution in [-0.4, -0.2) is 48.1 Å². The Balaban J connectivity index is 1.70. The Labute approximate surface area is 188 Å². The number of likely N-dealkylation sites (N-methyl/N-ethyl adjacent to an activating group) is 1. The van der Waals surface area contributed by atoms with Crippen LogP contribution in [0.15, 0.2) is 70.5 Å². The Morgan fingerprint density at radius 1 is 1.20 bits per heavy atom. The fourth-order valence-electron chi connectivity index (χ4n) is 2.85. The molecule has 0 bridgehead atoms. The number of hydrogen-bond donors (Lipinski definition) is 0. The molecule has 0 spiro atoms. The second kappa shape index (κ2) is 9.61. The second-order valence-corrected chi connectivity index (χ2v) is 7.83. The van der Waals surface area contributed by atoms with Crippen LogP contribution in [0.5, 0.6) is 5.88 Å². The molecule has 0 aliphatic carbocycles. The van der Waals surface area contributed by atoms with Gasteiger partial charge in [-0.3, -0.25) is 0 Å². The fraction of sp³-hybridized carbons (Fsp3) is 0.261. The number of ether oxygens (including phenoxy) is 1. The third-order valence-corrected chi connectivity index (χ3v) is 5.58. The third-order valence-electron chi connectivity index (χ3n) is 4.57. The highest BCUT2D eigenvalue weighted by Gasteiger charge is 2.19. The average molecular weight is 423 g/mol. The number of nitrogens with zero attached hydrogens (tertiary/aromatic N) is 5. The molecular formula is C23H23N5OS. The van der Waals surface area contributed by atoms with Crippen LogP contribution in [-0.2, 0) is 6.56 Å². The molecule has 0 amide bonds. The third kappa shape index (κ3) is 5.09. The second-order valence-electron chi connectivity index (χ2n) is 6.71. The van der Waals surface area contributed by atoms with Crippen LogP contribution in [0.25, 0.3) is 0 Å². The van der Waals surface area contributed by atoms with Crippen molar-refractivity contribution < 1.29 is 11.6 Å². The monoisotopic (exact) mass is 422 g/mol. The SMILES string of the molecule is [2H]c1ccc(C([2H])([2H])Oc2nc(N3CCN(C)CC3)ncc2Sc2ccc(C#N)cc2)c([2H])c1[2H]. The zero-order valence-corrected chi connectivity index (χ0v) is 17.2. The molecule has 2 heterocycles. The number of rotatable bonds is 6. The van der Waals surface area contributed by atoms with Gasteiger partial charge in [-0.15, -0.1) is 0 Å². The molecular weight excluding hydrogens is 394 g/mol. The Hall–Kier alpha value is -3.08. The van der Waals surface area contributed by atoms with E-state index >= 15 is 0 Å². The van der Waals surface area contributed by atoms with E-state index < -0.39 is 12.6 Å². The van der Waals surface area contributed by atoms with Crippen molar-refractivity contribution in [2.75, 3.05) is 38.1 Å². The van der Waals surface area contributed by atoms with E-state index in [2.05, 4.69) is 20.9 Å². The van der Waals surface area contributed by atoms with Crippen LogP contribution >= 0.6 is 11.8 Å². The van der Waals surface area contributed by atoms with Gasteiger partial charge in [0.25, 0.3) is 0 Å².